The Labute approximate surface area is 94.0 Å². The van der Waals surface area contributed by atoms with Crippen LogP contribution in [0.2, 0.25) is 0 Å². The summed E-state index contributed by atoms with van der Waals surface area (Å²) in [5, 5.41) is 9.81. The molecule has 86 valence electrons. The second-order valence-corrected chi connectivity index (χ2v) is 3.70. The van der Waals surface area contributed by atoms with E-state index in [9.17, 15) is 5.11 Å². The fourth-order valence-electron chi connectivity index (χ4n) is 1.73. The van der Waals surface area contributed by atoms with Gasteiger partial charge in [-0.25, -0.2) is 0 Å². The van der Waals surface area contributed by atoms with E-state index in [0.29, 0.717) is 13.0 Å². The molecule has 0 saturated carbocycles. The van der Waals surface area contributed by atoms with Gasteiger partial charge in [0.15, 0.2) is 0 Å². The van der Waals surface area contributed by atoms with Crippen LogP contribution in [0.4, 0.5) is 0 Å². The van der Waals surface area contributed by atoms with Gasteiger partial charge >= 0.3 is 0 Å². The lowest BCUT2D eigenvalue weighted by Gasteiger charge is -2.11. The van der Waals surface area contributed by atoms with Crippen molar-refractivity contribution in [3.63, 3.8) is 0 Å². The number of hydrogen-bond donors (Lipinski definition) is 1. The molecule has 1 aromatic carbocycles. The second kappa shape index (κ2) is 4.45. The first-order valence-corrected chi connectivity index (χ1v) is 5.04. The van der Waals surface area contributed by atoms with Gasteiger partial charge in [-0.3, -0.25) is 0 Å². The van der Waals surface area contributed by atoms with Crippen molar-refractivity contribution >= 4 is 0 Å². The highest BCUT2D eigenvalue weighted by Crippen LogP contribution is 2.31. The third-order valence-electron chi connectivity index (χ3n) is 2.67. The summed E-state index contributed by atoms with van der Waals surface area (Å²) in [5.41, 5.74) is 2.78. The number of phenols is 1. The minimum atomic E-state index is 0.270. The molecule has 16 heavy (non-hydrogen) atoms. The standard InChI is InChI=1S/C12H14O4/c1-8-10(5-9-6-15-16-7-9)11(13)3-4-12(8)14-2/h3-4,6,13H,5,7H2,1-2H3. The molecule has 0 radical (unpaired) electrons. The van der Waals surface area contributed by atoms with E-state index in [0.717, 1.165) is 22.4 Å². The maximum atomic E-state index is 9.81. The highest BCUT2D eigenvalue weighted by atomic mass is 17.2. The van der Waals surface area contributed by atoms with E-state index in [1.54, 1.807) is 25.5 Å². The molecule has 2 rings (SSSR count). The van der Waals surface area contributed by atoms with Gasteiger partial charge in [-0.2, -0.15) is 4.89 Å². The van der Waals surface area contributed by atoms with Crippen molar-refractivity contribution in [3.8, 4) is 11.5 Å². The number of rotatable bonds is 3. The summed E-state index contributed by atoms with van der Waals surface area (Å²) < 4.78 is 5.21. The van der Waals surface area contributed by atoms with Gasteiger partial charge in [-0.1, -0.05) is 0 Å². The van der Waals surface area contributed by atoms with Gasteiger partial charge in [0.25, 0.3) is 0 Å². The molecule has 0 spiro atoms. The predicted octanol–water partition coefficient (Wildman–Crippen LogP) is 2.10. The van der Waals surface area contributed by atoms with Crippen molar-refractivity contribution in [3.05, 3.63) is 35.1 Å². The molecule has 0 unspecified atom stereocenters. The maximum Gasteiger partial charge on any atom is 0.131 e. The highest BCUT2D eigenvalue weighted by molar-refractivity contribution is 5.48. The molecule has 1 N–H and O–H groups in total. The summed E-state index contributed by atoms with van der Waals surface area (Å²) in [5.74, 6) is 1.04. The lowest BCUT2D eigenvalue weighted by molar-refractivity contribution is -0.221. The monoisotopic (exact) mass is 222 g/mol. The lowest BCUT2D eigenvalue weighted by atomic mass is 10.00. The average molecular weight is 222 g/mol. The molecule has 0 aliphatic carbocycles. The molecule has 1 heterocycles. The van der Waals surface area contributed by atoms with Crippen LogP contribution in [0.15, 0.2) is 24.0 Å². The molecular formula is C12H14O4. The van der Waals surface area contributed by atoms with Crippen molar-refractivity contribution in [1.29, 1.82) is 0 Å². The van der Waals surface area contributed by atoms with Gasteiger partial charge in [0.1, 0.15) is 24.4 Å². The molecular weight excluding hydrogens is 208 g/mol. The first-order valence-electron chi connectivity index (χ1n) is 5.04. The summed E-state index contributed by atoms with van der Waals surface area (Å²) in [4.78, 5) is 9.45. The Morgan fingerprint density at radius 3 is 2.88 bits per heavy atom. The van der Waals surface area contributed by atoms with Crippen LogP contribution >= 0.6 is 0 Å². The Bertz CT molecular complexity index is 423. The molecule has 0 aromatic heterocycles. The van der Waals surface area contributed by atoms with E-state index in [2.05, 4.69) is 0 Å². The van der Waals surface area contributed by atoms with Gasteiger partial charge in [0.05, 0.1) is 7.11 Å². The topological polar surface area (TPSA) is 47.9 Å². The first kappa shape index (κ1) is 10.8. The molecule has 0 saturated heterocycles. The Balaban J connectivity index is 2.31. The van der Waals surface area contributed by atoms with Crippen LogP contribution in [0.5, 0.6) is 11.5 Å². The van der Waals surface area contributed by atoms with Crippen molar-refractivity contribution in [2.45, 2.75) is 13.3 Å². The molecule has 0 atom stereocenters. The number of methoxy groups -OCH3 is 1. The summed E-state index contributed by atoms with van der Waals surface area (Å²) >= 11 is 0. The third-order valence-corrected chi connectivity index (χ3v) is 2.67. The largest absolute Gasteiger partial charge is 0.508 e. The van der Waals surface area contributed by atoms with Gasteiger partial charge in [0.2, 0.25) is 0 Å². The summed E-state index contributed by atoms with van der Waals surface area (Å²) in [6, 6.07) is 3.39. The molecule has 0 bridgehead atoms. The summed E-state index contributed by atoms with van der Waals surface area (Å²) in [6.45, 7) is 2.36. The van der Waals surface area contributed by atoms with E-state index in [1.165, 1.54) is 0 Å². The predicted molar refractivity (Wildman–Crippen MR) is 58.2 cm³/mol. The van der Waals surface area contributed by atoms with E-state index >= 15 is 0 Å². The van der Waals surface area contributed by atoms with Gasteiger partial charge < -0.3 is 14.7 Å². The number of aromatic hydroxyl groups is 1. The number of phenolic OH excluding ortho intramolecular Hbond substituents is 1. The lowest BCUT2D eigenvalue weighted by Crippen LogP contribution is -1.98. The van der Waals surface area contributed by atoms with E-state index < -0.39 is 0 Å². The normalized spacial score (nSPS) is 14.5. The SMILES string of the molecule is COc1ccc(O)c(CC2=COOC2)c1C. The van der Waals surface area contributed by atoms with Gasteiger partial charge in [-0.15, -0.1) is 0 Å². The second-order valence-electron chi connectivity index (χ2n) is 3.70. The van der Waals surface area contributed by atoms with Crippen molar-refractivity contribution in [2.24, 2.45) is 0 Å². The molecule has 0 fully saturated rings. The molecule has 4 heteroatoms. The number of benzene rings is 1. The van der Waals surface area contributed by atoms with Crippen LogP contribution in [-0.2, 0) is 16.2 Å². The maximum absolute atomic E-state index is 9.81. The van der Waals surface area contributed by atoms with Crippen molar-refractivity contribution in [1.82, 2.24) is 0 Å². The zero-order valence-corrected chi connectivity index (χ0v) is 9.32. The Kier molecular flexibility index (Phi) is 3.01. The fraction of sp³-hybridized carbons (Fsp3) is 0.333. The zero-order valence-electron chi connectivity index (χ0n) is 9.32. The minimum absolute atomic E-state index is 0.270. The number of ether oxygens (including phenoxy) is 1. The average Bonchev–Trinajstić information content (AvgIpc) is 2.77. The third kappa shape index (κ3) is 1.97. The highest BCUT2D eigenvalue weighted by Gasteiger charge is 2.14. The van der Waals surface area contributed by atoms with E-state index in [1.807, 2.05) is 6.92 Å². The van der Waals surface area contributed by atoms with Crippen molar-refractivity contribution < 1.29 is 19.6 Å². The first-order chi connectivity index (χ1) is 7.72. The zero-order chi connectivity index (χ0) is 11.5. The fourth-order valence-corrected chi connectivity index (χ4v) is 1.73. The molecule has 1 aliphatic rings. The smallest absolute Gasteiger partial charge is 0.131 e. The van der Waals surface area contributed by atoms with Crippen LogP contribution in [-0.4, -0.2) is 18.8 Å². The summed E-state index contributed by atoms with van der Waals surface area (Å²) in [6.07, 6.45) is 2.17. The van der Waals surface area contributed by atoms with Crippen LogP contribution < -0.4 is 4.74 Å². The molecule has 0 amide bonds. The van der Waals surface area contributed by atoms with Crippen molar-refractivity contribution in [2.75, 3.05) is 13.7 Å². The molecule has 4 nitrogen and oxygen atoms in total. The molecule has 1 aromatic rings. The number of hydrogen-bond acceptors (Lipinski definition) is 4. The van der Waals surface area contributed by atoms with Gasteiger partial charge in [0, 0.05) is 17.6 Å². The van der Waals surface area contributed by atoms with Crippen LogP contribution in [0.3, 0.4) is 0 Å². The Hall–Kier alpha value is -1.68. The van der Waals surface area contributed by atoms with E-state index in [4.69, 9.17) is 14.5 Å². The van der Waals surface area contributed by atoms with Crippen LogP contribution in [0.25, 0.3) is 0 Å². The molecule has 1 aliphatic heterocycles. The van der Waals surface area contributed by atoms with Gasteiger partial charge in [-0.05, 0) is 24.6 Å². The Morgan fingerprint density at radius 1 is 1.44 bits per heavy atom. The van der Waals surface area contributed by atoms with Crippen LogP contribution in [0, 0.1) is 6.92 Å². The minimum Gasteiger partial charge on any atom is -0.508 e. The quantitative estimate of drug-likeness (QED) is 0.795. The van der Waals surface area contributed by atoms with E-state index in [-0.39, 0.29) is 5.75 Å². The Morgan fingerprint density at radius 2 is 2.25 bits per heavy atom. The summed E-state index contributed by atoms with van der Waals surface area (Å²) in [7, 11) is 1.62. The van der Waals surface area contributed by atoms with Crippen LogP contribution in [0.1, 0.15) is 11.1 Å².